The Morgan fingerprint density at radius 2 is 1.90 bits per heavy atom. The van der Waals surface area contributed by atoms with Gasteiger partial charge in [0.1, 0.15) is 0 Å². The van der Waals surface area contributed by atoms with Gasteiger partial charge < -0.3 is 10.2 Å². The lowest BCUT2D eigenvalue weighted by atomic mass is 9.91. The predicted molar refractivity (Wildman–Crippen MR) is 88.8 cm³/mol. The summed E-state index contributed by atoms with van der Waals surface area (Å²) < 4.78 is 0. The van der Waals surface area contributed by atoms with Crippen LogP contribution in [0.1, 0.15) is 58.0 Å². The van der Waals surface area contributed by atoms with Gasteiger partial charge in [0.15, 0.2) is 5.13 Å². The summed E-state index contributed by atoms with van der Waals surface area (Å²) in [6.07, 6.45) is 2.62. The lowest BCUT2D eigenvalue weighted by molar-refractivity contribution is 0.535. The zero-order chi connectivity index (χ0) is 14.8. The van der Waals surface area contributed by atoms with Gasteiger partial charge >= 0.3 is 0 Å². The van der Waals surface area contributed by atoms with Crippen molar-refractivity contribution < 1.29 is 0 Å². The molecule has 4 heteroatoms. The average Bonchev–Trinajstić information content (AvgIpc) is 2.94. The Morgan fingerprint density at radius 3 is 2.45 bits per heavy atom. The Balaban J connectivity index is 2.14. The fourth-order valence-corrected chi connectivity index (χ4v) is 3.85. The standard InChI is InChI=1S/C16H29N3S/c1-12(2)10-17-11-13-14(16(3,4)5)18-15(20-13)19-8-6-7-9-19/h12,17H,6-11H2,1-5H3. The number of hydrogen-bond donors (Lipinski definition) is 1. The maximum atomic E-state index is 4.97. The van der Waals surface area contributed by atoms with E-state index in [4.69, 9.17) is 4.98 Å². The summed E-state index contributed by atoms with van der Waals surface area (Å²) in [5.74, 6) is 0.694. The molecule has 114 valence electrons. The number of nitrogens with one attached hydrogen (secondary N) is 1. The maximum Gasteiger partial charge on any atom is 0.185 e. The van der Waals surface area contributed by atoms with Crippen molar-refractivity contribution in [3.05, 3.63) is 10.6 Å². The van der Waals surface area contributed by atoms with Crippen molar-refractivity contribution in [2.45, 2.75) is 59.4 Å². The SMILES string of the molecule is CC(C)CNCc1sc(N2CCCC2)nc1C(C)(C)C. The minimum Gasteiger partial charge on any atom is -0.348 e. The van der Waals surface area contributed by atoms with E-state index < -0.39 is 0 Å². The van der Waals surface area contributed by atoms with Crippen molar-refractivity contribution in [2.24, 2.45) is 5.92 Å². The van der Waals surface area contributed by atoms with Crippen molar-refractivity contribution in [2.75, 3.05) is 24.5 Å². The third-order valence-corrected chi connectivity index (χ3v) is 4.73. The highest BCUT2D eigenvalue weighted by Gasteiger charge is 2.25. The number of aromatic nitrogens is 1. The van der Waals surface area contributed by atoms with Gasteiger partial charge in [0.05, 0.1) is 5.69 Å². The van der Waals surface area contributed by atoms with Gasteiger partial charge in [-0.25, -0.2) is 4.98 Å². The molecule has 0 saturated carbocycles. The van der Waals surface area contributed by atoms with Gasteiger partial charge in [0.2, 0.25) is 0 Å². The molecule has 20 heavy (non-hydrogen) atoms. The van der Waals surface area contributed by atoms with Gasteiger partial charge in [0.25, 0.3) is 0 Å². The number of anilines is 1. The quantitative estimate of drug-likeness (QED) is 0.896. The van der Waals surface area contributed by atoms with Gasteiger partial charge in [-0.1, -0.05) is 34.6 Å². The molecule has 1 aliphatic heterocycles. The third kappa shape index (κ3) is 3.95. The van der Waals surface area contributed by atoms with E-state index in [0.717, 1.165) is 13.1 Å². The fraction of sp³-hybridized carbons (Fsp3) is 0.812. The molecule has 1 aromatic heterocycles. The average molecular weight is 295 g/mol. The molecule has 0 aliphatic carbocycles. The van der Waals surface area contributed by atoms with Gasteiger partial charge in [-0.15, -0.1) is 11.3 Å². The van der Waals surface area contributed by atoms with E-state index >= 15 is 0 Å². The third-order valence-electron chi connectivity index (χ3n) is 3.61. The lowest BCUT2D eigenvalue weighted by Crippen LogP contribution is -2.22. The van der Waals surface area contributed by atoms with Crippen molar-refractivity contribution in [1.82, 2.24) is 10.3 Å². The van der Waals surface area contributed by atoms with Gasteiger partial charge in [-0.2, -0.15) is 0 Å². The molecule has 1 fully saturated rings. The first-order valence-electron chi connectivity index (χ1n) is 7.84. The summed E-state index contributed by atoms with van der Waals surface area (Å²) in [7, 11) is 0. The van der Waals surface area contributed by atoms with Gasteiger partial charge in [-0.3, -0.25) is 0 Å². The maximum absolute atomic E-state index is 4.97. The van der Waals surface area contributed by atoms with Crippen LogP contribution in [0.25, 0.3) is 0 Å². The van der Waals surface area contributed by atoms with Crippen LogP contribution in [-0.4, -0.2) is 24.6 Å². The first-order chi connectivity index (χ1) is 9.38. The highest BCUT2D eigenvalue weighted by atomic mass is 32.1. The summed E-state index contributed by atoms with van der Waals surface area (Å²) in [6, 6.07) is 0. The molecule has 0 bridgehead atoms. The molecular weight excluding hydrogens is 266 g/mol. The molecule has 3 nitrogen and oxygen atoms in total. The molecule has 1 aliphatic rings. The number of rotatable bonds is 5. The Hall–Kier alpha value is -0.610. The summed E-state index contributed by atoms with van der Waals surface area (Å²) in [5.41, 5.74) is 1.41. The van der Waals surface area contributed by atoms with Gasteiger partial charge in [-0.05, 0) is 25.3 Å². The first-order valence-corrected chi connectivity index (χ1v) is 8.65. The molecule has 1 saturated heterocycles. The number of thiazole rings is 1. The minimum atomic E-state index is 0.128. The second-order valence-corrected chi connectivity index (χ2v) is 8.30. The van der Waals surface area contributed by atoms with Crippen LogP contribution in [0.5, 0.6) is 0 Å². The highest BCUT2D eigenvalue weighted by Crippen LogP contribution is 2.35. The van der Waals surface area contributed by atoms with Crippen LogP contribution in [0.4, 0.5) is 5.13 Å². The Bertz CT molecular complexity index is 425. The van der Waals surface area contributed by atoms with E-state index in [1.807, 2.05) is 11.3 Å². The van der Waals surface area contributed by atoms with Crippen LogP contribution >= 0.6 is 11.3 Å². The topological polar surface area (TPSA) is 28.2 Å². The van der Waals surface area contributed by atoms with Crippen molar-refractivity contribution in [3.63, 3.8) is 0 Å². The molecule has 2 rings (SSSR count). The van der Waals surface area contributed by atoms with Gasteiger partial charge in [0, 0.05) is 29.9 Å². The van der Waals surface area contributed by atoms with Crippen LogP contribution < -0.4 is 10.2 Å². The van der Waals surface area contributed by atoms with Crippen molar-refractivity contribution >= 4 is 16.5 Å². The smallest absolute Gasteiger partial charge is 0.185 e. The van der Waals surface area contributed by atoms with E-state index in [1.165, 1.54) is 41.6 Å². The Kier molecular flexibility index (Phi) is 5.08. The number of nitrogens with zero attached hydrogens (tertiary/aromatic N) is 2. The van der Waals surface area contributed by atoms with E-state index in [1.54, 1.807) is 0 Å². The molecule has 0 amide bonds. The molecule has 1 aromatic rings. The van der Waals surface area contributed by atoms with Crippen LogP contribution in [0.2, 0.25) is 0 Å². The van der Waals surface area contributed by atoms with E-state index in [2.05, 4.69) is 44.8 Å². The predicted octanol–water partition coefficient (Wildman–Crippen LogP) is 3.79. The molecule has 0 aromatic carbocycles. The second kappa shape index (κ2) is 6.44. The zero-order valence-corrected chi connectivity index (χ0v) is 14.4. The molecule has 0 atom stereocenters. The van der Waals surface area contributed by atoms with E-state index in [0.29, 0.717) is 5.92 Å². The Labute approximate surface area is 127 Å². The van der Waals surface area contributed by atoms with Crippen LogP contribution in [0.3, 0.4) is 0 Å². The highest BCUT2D eigenvalue weighted by molar-refractivity contribution is 7.15. The first kappa shape index (κ1) is 15.8. The summed E-state index contributed by atoms with van der Waals surface area (Å²) in [4.78, 5) is 8.83. The normalized spacial score (nSPS) is 16.4. The van der Waals surface area contributed by atoms with E-state index in [9.17, 15) is 0 Å². The molecule has 0 spiro atoms. The largest absolute Gasteiger partial charge is 0.348 e. The summed E-state index contributed by atoms with van der Waals surface area (Å²) in [6.45, 7) is 15.7. The molecule has 1 N–H and O–H groups in total. The second-order valence-electron chi connectivity index (χ2n) is 7.24. The molecule has 2 heterocycles. The van der Waals surface area contributed by atoms with Crippen LogP contribution in [0.15, 0.2) is 0 Å². The fourth-order valence-electron chi connectivity index (χ4n) is 2.56. The molecular formula is C16H29N3S. The Morgan fingerprint density at radius 1 is 1.25 bits per heavy atom. The summed E-state index contributed by atoms with van der Waals surface area (Å²) >= 11 is 1.89. The minimum absolute atomic E-state index is 0.128. The van der Waals surface area contributed by atoms with E-state index in [-0.39, 0.29) is 5.41 Å². The van der Waals surface area contributed by atoms with Crippen molar-refractivity contribution in [3.8, 4) is 0 Å². The van der Waals surface area contributed by atoms with Crippen LogP contribution in [0, 0.1) is 5.92 Å². The van der Waals surface area contributed by atoms with Crippen LogP contribution in [-0.2, 0) is 12.0 Å². The summed E-state index contributed by atoms with van der Waals surface area (Å²) in [5, 5.41) is 4.80. The number of hydrogen-bond acceptors (Lipinski definition) is 4. The molecule has 0 radical (unpaired) electrons. The zero-order valence-electron chi connectivity index (χ0n) is 13.6. The monoisotopic (exact) mass is 295 g/mol. The van der Waals surface area contributed by atoms with Crippen molar-refractivity contribution in [1.29, 1.82) is 0 Å². The molecule has 0 unspecified atom stereocenters. The lowest BCUT2D eigenvalue weighted by Gasteiger charge is -2.18.